The van der Waals surface area contributed by atoms with Gasteiger partial charge in [0.2, 0.25) is 5.88 Å². The minimum Gasteiger partial charge on any atom is -0.476 e. The molecule has 2 heterocycles. The summed E-state index contributed by atoms with van der Waals surface area (Å²) < 4.78 is 44.4. The molecule has 1 saturated heterocycles. The summed E-state index contributed by atoms with van der Waals surface area (Å²) in [6.45, 7) is 6.49. The lowest BCUT2D eigenvalue weighted by Gasteiger charge is -2.26. The van der Waals surface area contributed by atoms with E-state index in [1.165, 1.54) is 12.3 Å². The molecule has 1 aliphatic heterocycles. The number of nitrogens with zero attached hydrogens (tertiary/aromatic N) is 2. The van der Waals surface area contributed by atoms with Gasteiger partial charge < -0.3 is 9.64 Å². The Morgan fingerprint density at radius 3 is 2.70 bits per heavy atom. The maximum absolute atomic E-state index is 13.0. The van der Waals surface area contributed by atoms with Gasteiger partial charge in [0.15, 0.2) is 0 Å². The number of carbonyl (C=O) groups excluding carboxylic acids is 1. The average molecular weight is 386 g/mol. The Morgan fingerprint density at radius 1 is 1.37 bits per heavy atom. The lowest BCUT2D eigenvalue weighted by Crippen LogP contribution is -2.33. The highest BCUT2D eigenvalue weighted by Crippen LogP contribution is 2.36. The Labute approximate surface area is 159 Å². The Kier molecular flexibility index (Phi) is 6.89. The molecule has 2 atom stereocenters. The number of halogens is 3. The molecule has 1 fully saturated rings. The SMILES string of the molecule is CC[C@H]1[C@H](CCC(=O)C(C)(C)COc2ncccc2C(F)(F)F)CCN1C. The predicted molar refractivity (Wildman–Crippen MR) is 97.6 cm³/mol. The minimum atomic E-state index is -4.54. The summed E-state index contributed by atoms with van der Waals surface area (Å²) in [6, 6.07) is 2.65. The summed E-state index contributed by atoms with van der Waals surface area (Å²) in [4.78, 5) is 18.7. The number of hydrogen-bond acceptors (Lipinski definition) is 4. The van der Waals surface area contributed by atoms with Gasteiger partial charge in [-0.25, -0.2) is 4.98 Å². The first-order chi connectivity index (χ1) is 12.6. The van der Waals surface area contributed by atoms with Crippen molar-refractivity contribution in [3.05, 3.63) is 23.9 Å². The van der Waals surface area contributed by atoms with Crippen LogP contribution in [0.3, 0.4) is 0 Å². The van der Waals surface area contributed by atoms with E-state index in [2.05, 4.69) is 23.9 Å². The maximum Gasteiger partial charge on any atom is 0.421 e. The molecule has 1 aliphatic rings. The molecule has 0 unspecified atom stereocenters. The number of ketones is 1. The molecule has 0 amide bonds. The molecule has 2 rings (SSSR count). The van der Waals surface area contributed by atoms with Crippen molar-refractivity contribution in [3.8, 4) is 5.88 Å². The molecule has 0 aliphatic carbocycles. The highest BCUT2D eigenvalue weighted by atomic mass is 19.4. The summed E-state index contributed by atoms with van der Waals surface area (Å²) in [6.07, 6.45) is 0.0777. The van der Waals surface area contributed by atoms with Crippen molar-refractivity contribution in [3.63, 3.8) is 0 Å². The van der Waals surface area contributed by atoms with E-state index in [-0.39, 0.29) is 12.4 Å². The number of alkyl halides is 3. The molecule has 27 heavy (non-hydrogen) atoms. The van der Waals surface area contributed by atoms with Crippen molar-refractivity contribution in [2.24, 2.45) is 11.3 Å². The van der Waals surface area contributed by atoms with Gasteiger partial charge in [0.25, 0.3) is 0 Å². The van der Waals surface area contributed by atoms with Gasteiger partial charge in [-0.3, -0.25) is 4.79 Å². The number of ether oxygens (including phenoxy) is 1. The monoisotopic (exact) mass is 386 g/mol. The van der Waals surface area contributed by atoms with Crippen molar-refractivity contribution in [2.75, 3.05) is 20.2 Å². The van der Waals surface area contributed by atoms with Crippen molar-refractivity contribution >= 4 is 5.78 Å². The second kappa shape index (κ2) is 8.59. The molecule has 0 radical (unpaired) electrons. The fourth-order valence-electron chi connectivity index (χ4n) is 3.78. The van der Waals surface area contributed by atoms with Gasteiger partial charge >= 0.3 is 6.18 Å². The molecule has 0 N–H and O–H groups in total. The number of rotatable bonds is 8. The zero-order valence-electron chi connectivity index (χ0n) is 16.5. The zero-order chi connectivity index (χ0) is 20.2. The van der Waals surface area contributed by atoms with E-state index in [1.54, 1.807) is 13.8 Å². The zero-order valence-corrected chi connectivity index (χ0v) is 16.5. The summed E-state index contributed by atoms with van der Waals surface area (Å²) in [5.41, 5.74) is -1.79. The molecule has 0 aromatic carbocycles. The molecule has 0 saturated carbocycles. The second-order valence-corrected chi connectivity index (χ2v) is 7.99. The number of Topliss-reactive ketones (excluding diaryl/α,β-unsaturated/α-hetero) is 1. The highest BCUT2D eigenvalue weighted by Gasteiger charge is 2.37. The first-order valence-electron chi connectivity index (χ1n) is 9.44. The van der Waals surface area contributed by atoms with Crippen LogP contribution in [0.4, 0.5) is 13.2 Å². The fourth-order valence-corrected chi connectivity index (χ4v) is 3.78. The van der Waals surface area contributed by atoms with Gasteiger partial charge in [-0.05, 0) is 64.8 Å². The lowest BCUT2D eigenvalue weighted by molar-refractivity contribution is -0.139. The van der Waals surface area contributed by atoms with E-state index in [1.807, 2.05) is 0 Å². The van der Waals surface area contributed by atoms with Gasteiger partial charge in [0.1, 0.15) is 18.0 Å². The molecule has 1 aromatic rings. The first kappa shape index (κ1) is 21.7. The summed E-state index contributed by atoms with van der Waals surface area (Å²) in [7, 11) is 2.11. The fraction of sp³-hybridized carbons (Fsp3) is 0.700. The van der Waals surface area contributed by atoms with E-state index in [4.69, 9.17) is 4.74 Å². The Bertz CT molecular complexity index is 646. The Hall–Kier alpha value is -1.63. The molecular formula is C20H29F3N2O2. The van der Waals surface area contributed by atoms with Crippen molar-refractivity contribution in [1.29, 1.82) is 0 Å². The van der Waals surface area contributed by atoms with Crippen LogP contribution in [0.25, 0.3) is 0 Å². The van der Waals surface area contributed by atoms with Crippen LogP contribution in [-0.2, 0) is 11.0 Å². The number of carbonyl (C=O) groups is 1. The van der Waals surface area contributed by atoms with Gasteiger partial charge in [0, 0.05) is 18.7 Å². The molecule has 4 nitrogen and oxygen atoms in total. The third-order valence-corrected chi connectivity index (χ3v) is 5.52. The predicted octanol–water partition coefficient (Wildman–Crippen LogP) is 4.59. The van der Waals surface area contributed by atoms with Crippen molar-refractivity contribution in [2.45, 2.75) is 58.7 Å². The largest absolute Gasteiger partial charge is 0.476 e. The van der Waals surface area contributed by atoms with Crippen molar-refractivity contribution in [1.82, 2.24) is 9.88 Å². The lowest BCUT2D eigenvalue weighted by atomic mass is 9.83. The summed E-state index contributed by atoms with van der Waals surface area (Å²) in [5.74, 6) is 0.0269. The third-order valence-electron chi connectivity index (χ3n) is 5.52. The highest BCUT2D eigenvalue weighted by molar-refractivity contribution is 5.84. The van der Waals surface area contributed by atoms with E-state index in [0.717, 1.165) is 31.9 Å². The van der Waals surface area contributed by atoms with Crippen LogP contribution in [-0.4, -0.2) is 41.9 Å². The summed E-state index contributed by atoms with van der Waals surface area (Å²) >= 11 is 0. The maximum atomic E-state index is 13.0. The van der Waals surface area contributed by atoms with Gasteiger partial charge in [-0.15, -0.1) is 0 Å². The molecule has 0 spiro atoms. The van der Waals surface area contributed by atoms with Crippen LogP contribution in [0.2, 0.25) is 0 Å². The Morgan fingerprint density at radius 2 is 2.07 bits per heavy atom. The minimum absolute atomic E-state index is 0.0106. The molecule has 7 heteroatoms. The van der Waals surface area contributed by atoms with Gasteiger partial charge in [-0.1, -0.05) is 6.92 Å². The average Bonchev–Trinajstić information content (AvgIpc) is 2.97. The van der Waals surface area contributed by atoms with E-state index in [0.29, 0.717) is 18.4 Å². The molecule has 0 bridgehead atoms. The van der Waals surface area contributed by atoms with Gasteiger partial charge in [-0.2, -0.15) is 13.2 Å². The van der Waals surface area contributed by atoms with Crippen LogP contribution in [0, 0.1) is 11.3 Å². The van der Waals surface area contributed by atoms with Crippen LogP contribution >= 0.6 is 0 Å². The summed E-state index contributed by atoms with van der Waals surface area (Å²) in [5, 5.41) is 0. The number of likely N-dealkylation sites (tertiary alicyclic amines) is 1. The van der Waals surface area contributed by atoms with E-state index in [9.17, 15) is 18.0 Å². The van der Waals surface area contributed by atoms with E-state index >= 15 is 0 Å². The number of pyridine rings is 1. The second-order valence-electron chi connectivity index (χ2n) is 7.99. The van der Waals surface area contributed by atoms with Crippen LogP contribution in [0.5, 0.6) is 5.88 Å². The standard InChI is InChI=1S/C20H29F3N2O2/c1-5-16-14(10-12-25(16)4)8-9-17(26)19(2,3)13-27-18-15(20(21,22)23)7-6-11-24-18/h6-7,11,14,16H,5,8-10,12-13H2,1-4H3/t14-,16+/m1/s1. The van der Waals surface area contributed by atoms with E-state index < -0.39 is 23.0 Å². The van der Waals surface area contributed by atoms with Gasteiger partial charge in [0.05, 0.1) is 5.41 Å². The van der Waals surface area contributed by atoms with Crippen LogP contribution < -0.4 is 4.74 Å². The first-order valence-corrected chi connectivity index (χ1v) is 9.44. The number of hydrogen-bond donors (Lipinski definition) is 0. The van der Waals surface area contributed by atoms with Crippen LogP contribution in [0.1, 0.15) is 52.0 Å². The molecule has 152 valence electrons. The smallest absolute Gasteiger partial charge is 0.421 e. The third kappa shape index (κ3) is 5.43. The normalized spacial score (nSPS) is 21.4. The quantitative estimate of drug-likeness (QED) is 0.656. The topological polar surface area (TPSA) is 42.4 Å². The van der Waals surface area contributed by atoms with Crippen LogP contribution in [0.15, 0.2) is 18.3 Å². The molecular weight excluding hydrogens is 357 g/mol. The Balaban J connectivity index is 1.94. The molecule has 1 aromatic heterocycles. The number of aromatic nitrogens is 1. The van der Waals surface area contributed by atoms with Crippen molar-refractivity contribution < 1.29 is 22.7 Å².